The molecule has 0 saturated carbocycles. The second-order valence-electron chi connectivity index (χ2n) is 7.17. The van der Waals surface area contributed by atoms with Crippen LogP contribution in [0.15, 0.2) is 59.7 Å². The van der Waals surface area contributed by atoms with Gasteiger partial charge < -0.3 is 9.47 Å². The van der Waals surface area contributed by atoms with E-state index in [0.717, 1.165) is 26.6 Å². The van der Waals surface area contributed by atoms with Crippen molar-refractivity contribution in [3.8, 4) is 21.9 Å². The van der Waals surface area contributed by atoms with Gasteiger partial charge in [-0.3, -0.25) is 9.59 Å². The lowest BCUT2D eigenvalue weighted by molar-refractivity contribution is -0.121. The number of ketones is 1. The maximum Gasteiger partial charge on any atom is 0.240 e. The summed E-state index contributed by atoms with van der Waals surface area (Å²) in [6, 6.07) is 17.2. The van der Waals surface area contributed by atoms with Gasteiger partial charge in [-0.15, -0.1) is 11.3 Å². The standard InChI is InChI=1S/C25H26N2O4S/c1-16(20-15-24(32-17(20)2)18-8-6-5-7-9-18)26-27-25(29)13-11-21(28)19-10-12-22(30-3)23(14-19)31-4/h5-10,12,14-15H,11,13H2,1-4H3,(H,27,29)/b26-16+. The summed E-state index contributed by atoms with van der Waals surface area (Å²) in [5.41, 5.74) is 5.90. The first kappa shape index (κ1) is 23.2. The zero-order valence-corrected chi connectivity index (χ0v) is 19.4. The van der Waals surface area contributed by atoms with Gasteiger partial charge in [0.25, 0.3) is 0 Å². The number of aryl methyl sites for hydroxylation is 1. The maximum atomic E-state index is 12.4. The molecular formula is C25H26N2O4S. The zero-order valence-electron chi connectivity index (χ0n) is 18.6. The Morgan fingerprint density at radius 2 is 1.69 bits per heavy atom. The summed E-state index contributed by atoms with van der Waals surface area (Å²) >= 11 is 1.69. The van der Waals surface area contributed by atoms with Gasteiger partial charge in [0.2, 0.25) is 5.91 Å². The predicted octanol–water partition coefficient (Wildman–Crippen LogP) is 5.24. The minimum Gasteiger partial charge on any atom is -0.493 e. The Morgan fingerprint density at radius 3 is 2.38 bits per heavy atom. The molecule has 0 bridgehead atoms. The third-order valence-corrected chi connectivity index (χ3v) is 6.10. The van der Waals surface area contributed by atoms with Crippen molar-refractivity contribution in [2.24, 2.45) is 5.10 Å². The van der Waals surface area contributed by atoms with E-state index in [0.29, 0.717) is 17.1 Å². The van der Waals surface area contributed by atoms with Crippen LogP contribution >= 0.6 is 11.3 Å². The SMILES string of the molecule is COc1ccc(C(=O)CCC(=O)N/N=C(\C)c2cc(-c3ccccc3)sc2C)cc1OC. The third-order valence-electron chi connectivity index (χ3n) is 5.00. The molecule has 0 saturated heterocycles. The molecule has 0 aliphatic rings. The number of thiophene rings is 1. The first-order valence-corrected chi connectivity index (χ1v) is 11.0. The summed E-state index contributed by atoms with van der Waals surface area (Å²) in [5, 5.41) is 4.24. The highest BCUT2D eigenvalue weighted by molar-refractivity contribution is 7.15. The van der Waals surface area contributed by atoms with Crippen molar-refractivity contribution in [3.63, 3.8) is 0 Å². The number of rotatable bonds is 9. The number of hydrazone groups is 1. The van der Waals surface area contributed by atoms with Crippen molar-refractivity contribution in [2.45, 2.75) is 26.7 Å². The molecule has 7 heteroatoms. The minimum absolute atomic E-state index is 0.0435. The number of ether oxygens (including phenoxy) is 2. The third kappa shape index (κ3) is 5.62. The molecule has 1 N–H and O–H groups in total. The van der Waals surface area contributed by atoms with Crippen molar-refractivity contribution >= 4 is 28.7 Å². The van der Waals surface area contributed by atoms with E-state index in [1.54, 1.807) is 29.5 Å². The van der Waals surface area contributed by atoms with Gasteiger partial charge in [0, 0.05) is 33.7 Å². The minimum atomic E-state index is -0.311. The monoisotopic (exact) mass is 450 g/mol. The van der Waals surface area contributed by atoms with Crippen molar-refractivity contribution in [1.29, 1.82) is 0 Å². The molecular weight excluding hydrogens is 424 g/mol. The number of Topliss-reactive ketones (excluding diaryl/α,β-unsaturated/α-hetero) is 1. The summed E-state index contributed by atoms with van der Waals surface area (Å²) in [6.45, 7) is 3.90. The van der Waals surface area contributed by atoms with Crippen LogP contribution in [0.25, 0.3) is 10.4 Å². The molecule has 0 aliphatic heterocycles. The number of nitrogens with one attached hydrogen (secondary N) is 1. The molecule has 2 aromatic carbocycles. The smallest absolute Gasteiger partial charge is 0.240 e. The number of benzene rings is 2. The summed E-state index contributed by atoms with van der Waals surface area (Å²) in [4.78, 5) is 27.0. The fraction of sp³-hybridized carbons (Fsp3) is 0.240. The average Bonchev–Trinajstić information content (AvgIpc) is 3.22. The number of carbonyl (C=O) groups is 2. The largest absolute Gasteiger partial charge is 0.493 e. The van der Waals surface area contributed by atoms with Crippen LogP contribution in [-0.4, -0.2) is 31.6 Å². The molecule has 3 rings (SSSR count). The maximum absolute atomic E-state index is 12.4. The Balaban J connectivity index is 1.58. The molecule has 1 heterocycles. The molecule has 166 valence electrons. The molecule has 0 radical (unpaired) electrons. The quantitative estimate of drug-likeness (QED) is 0.275. The Kier molecular flexibility index (Phi) is 7.78. The highest BCUT2D eigenvalue weighted by atomic mass is 32.1. The molecule has 0 aliphatic carbocycles. The van der Waals surface area contributed by atoms with Crippen molar-refractivity contribution in [1.82, 2.24) is 5.43 Å². The van der Waals surface area contributed by atoms with Crippen molar-refractivity contribution in [2.75, 3.05) is 14.2 Å². The van der Waals surface area contributed by atoms with Gasteiger partial charge in [-0.05, 0) is 43.7 Å². The Bertz CT molecular complexity index is 1140. The lowest BCUT2D eigenvalue weighted by Crippen LogP contribution is -2.20. The number of carbonyl (C=O) groups excluding carboxylic acids is 2. The number of nitrogens with zero attached hydrogens (tertiary/aromatic N) is 1. The number of methoxy groups -OCH3 is 2. The second kappa shape index (κ2) is 10.7. The van der Waals surface area contributed by atoms with E-state index < -0.39 is 0 Å². The van der Waals surface area contributed by atoms with Crippen LogP contribution in [0.1, 0.15) is 40.6 Å². The van der Waals surface area contributed by atoms with Gasteiger partial charge in [-0.2, -0.15) is 5.10 Å². The number of amides is 1. The zero-order chi connectivity index (χ0) is 23.1. The van der Waals surface area contributed by atoms with Crippen LogP contribution in [-0.2, 0) is 4.79 Å². The van der Waals surface area contributed by atoms with Crippen molar-refractivity contribution in [3.05, 3.63) is 70.6 Å². The molecule has 0 unspecified atom stereocenters. The molecule has 0 spiro atoms. The van der Waals surface area contributed by atoms with Gasteiger partial charge in [-0.25, -0.2) is 5.43 Å². The van der Waals surface area contributed by atoms with Crippen LogP contribution in [0.2, 0.25) is 0 Å². The van der Waals surface area contributed by atoms with E-state index in [9.17, 15) is 9.59 Å². The van der Waals surface area contributed by atoms with Crippen LogP contribution in [0.5, 0.6) is 11.5 Å². The summed E-state index contributed by atoms with van der Waals surface area (Å²) in [7, 11) is 3.05. The first-order valence-electron chi connectivity index (χ1n) is 10.2. The van der Waals surface area contributed by atoms with Crippen molar-refractivity contribution < 1.29 is 19.1 Å². The summed E-state index contributed by atoms with van der Waals surface area (Å²) < 4.78 is 10.4. The van der Waals surface area contributed by atoms with E-state index in [4.69, 9.17) is 9.47 Å². The van der Waals surface area contributed by atoms with E-state index >= 15 is 0 Å². The van der Waals surface area contributed by atoms with E-state index in [1.807, 2.05) is 32.0 Å². The molecule has 0 fully saturated rings. The van der Waals surface area contributed by atoms with Gasteiger partial charge >= 0.3 is 0 Å². The number of hydrogen-bond acceptors (Lipinski definition) is 6. The molecule has 3 aromatic rings. The van der Waals surface area contributed by atoms with Gasteiger partial charge in [0.15, 0.2) is 17.3 Å². The highest BCUT2D eigenvalue weighted by Crippen LogP contribution is 2.31. The lowest BCUT2D eigenvalue weighted by Gasteiger charge is -2.09. The topological polar surface area (TPSA) is 77.0 Å². The molecule has 1 amide bonds. The summed E-state index contributed by atoms with van der Waals surface area (Å²) in [5.74, 6) is 0.562. The molecule has 0 atom stereocenters. The lowest BCUT2D eigenvalue weighted by atomic mass is 10.1. The highest BCUT2D eigenvalue weighted by Gasteiger charge is 2.14. The summed E-state index contributed by atoms with van der Waals surface area (Å²) in [6.07, 6.45) is 0.118. The average molecular weight is 451 g/mol. The first-order chi connectivity index (χ1) is 15.4. The molecule has 1 aromatic heterocycles. The van der Waals surface area contributed by atoms with Gasteiger partial charge in [0.05, 0.1) is 19.9 Å². The van der Waals surface area contributed by atoms with E-state index in [-0.39, 0.29) is 24.5 Å². The van der Waals surface area contributed by atoms with Gasteiger partial charge in [-0.1, -0.05) is 30.3 Å². The molecule has 32 heavy (non-hydrogen) atoms. The van der Waals surface area contributed by atoms with Crippen LogP contribution in [0.3, 0.4) is 0 Å². The van der Waals surface area contributed by atoms with E-state index in [1.165, 1.54) is 14.2 Å². The van der Waals surface area contributed by atoms with Gasteiger partial charge in [0.1, 0.15) is 0 Å². The predicted molar refractivity (Wildman–Crippen MR) is 128 cm³/mol. The Hall–Kier alpha value is -3.45. The van der Waals surface area contributed by atoms with E-state index in [2.05, 4.69) is 28.7 Å². The second-order valence-corrected chi connectivity index (χ2v) is 8.43. The Morgan fingerprint density at radius 1 is 0.969 bits per heavy atom. The van der Waals surface area contributed by atoms with Crippen LogP contribution in [0.4, 0.5) is 0 Å². The number of hydrogen-bond donors (Lipinski definition) is 1. The fourth-order valence-corrected chi connectivity index (χ4v) is 4.31. The Labute approximate surface area is 191 Å². The normalized spacial score (nSPS) is 11.2. The van der Waals surface area contributed by atoms with Crippen LogP contribution in [0, 0.1) is 6.92 Å². The van der Waals surface area contributed by atoms with Crippen LogP contribution < -0.4 is 14.9 Å². The fourth-order valence-electron chi connectivity index (χ4n) is 3.23. The molecule has 6 nitrogen and oxygen atoms in total.